The first-order chi connectivity index (χ1) is 6.72. The number of hydrogen-bond acceptors (Lipinski definition) is 2. The van der Waals surface area contributed by atoms with E-state index in [1.165, 1.54) is 30.8 Å². The quantitative estimate of drug-likeness (QED) is 0.689. The van der Waals surface area contributed by atoms with E-state index < -0.39 is 0 Å². The van der Waals surface area contributed by atoms with Crippen molar-refractivity contribution in [2.24, 2.45) is 5.92 Å². The molecule has 0 saturated carbocycles. The molecular weight excluding hydrogens is 190 g/mol. The van der Waals surface area contributed by atoms with E-state index in [9.17, 15) is 0 Å². The van der Waals surface area contributed by atoms with Crippen LogP contribution in [0.4, 0.5) is 0 Å². The van der Waals surface area contributed by atoms with Crippen molar-refractivity contribution in [3.63, 3.8) is 0 Å². The average Bonchev–Trinajstić information content (AvgIpc) is 2.76. The van der Waals surface area contributed by atoms with Crippen molar-refractivity contribution in [1.29, 1.82) is 0 Å². The molecule has 0 aromatic carbocycles. The van der Waals surface area contributed by atoms with Gasteiger partial charge in [0.15, 0.2) is 0 Å². The molecule has 1 N–H and O–H groups in total. The van der Waals surface area contributed by atoms with E-state index in [4.69, 9.17) is 0 Å². The maximum Gasteiger partial charge on any atom is 0.0215 e. The summed E-state index contributed by atoms with van der Waals surface area (Å²) < 4.78 is 0. The minimum atomic E-state index is 0.508. The summed E-state index contributed by atoms with van der Waals surface area (Å²) in [5.74, 6) is 0.847. The first-order valence-corrected chi connectivity index (χ1v) is 6.34. The Balaban J connectivity index is 2.12. The van der Waals surface area contributed by atoms with Gasteiger partial charge in [0.2, 0.25) is 0 Å². The Morgan fingerprint density at radius 3 is 3.14 bits per heavy atom. The second-order valence-electron chi connectivity index (χ2n) is 4.90. The first kappa shape index (κ1) is 8.93. The fraction of sp³-hybridized carbons (Fsp3) is 0.667. The molecule has 0 bridgehead atoms. The predicted octanol–water partition coefficient (Wildman–Crippen LogP) is 2.48. The molecule has 1 saturated heterocycles. The summed E-state index contributed by atoms with van der Waals surface area (Å²) in [5, 5.41) is 3.54. The van der Waals surface area contributed by atoms with Crippen LogP contribution < -0.4 is 5.32 Å². The van der Waals surface area contributed by atoms with E-state index in [2.05, 4.69) is 25.2 Å². The molecule has 1 aliphatic carbocycles. The van der Waals surface area contributed by atoms with Crippen LogP contribution in [0.15, 0.2) is 6.07 Å². The monoisotopic (exact) mass is 207 g/mol. The SMILES string of the molecule is Cc1cc2c(s1)C1(CCNC1)C(C)C2. The maximum atomic E-state index is 3.54. The lowest BCUT2D eigenvalue weighted by Crippen LogP contribution is -2.31. The van der Waals surface area contributed by atoms with E-state index in [-0.39, 0.29) is 0 Å². The zero-order valence-electron chi connectivity index (χ0n) is 8.89. The van der Waals surface area contributed by atoms with Crippen LogP contribution in [0, 0.1) is 12.8 Å². The highest BCUT2D eigenvalue weighted by molar-refractivity contribution is 7.12. The summed E-state index contributed by atoms with van der Waals surface area (Å²) >= 11 is 2.04. The summed E-state index contributed by atoms with van der Waals surface area (Å²) in [6, 6.07) is 2.41. The van der Waals surface area contributed by atoms with Crippen LogP contribution in [0.25, 0.3) is 0 Å². The van der Waals surface area contributed by atoms with Gasteiger partial charge in [0.25, 0.3) is 0 Å². The van der Waals surface area contributed by atoms with Crippen molar-refractivity contribution in [1.82, 2.24) is 5.32 Å². The Labute approximate surface area is 89.5 Å². The van der Waals surface area contributed by atoms with Gasteiger partial charge in [-0.25, -0.2) is 0 Å². The van der Waals surface area contributed by atoms with Crippen molar-refractivity contribution < 1.29 is 0 Å². The molecule has 2 aliphatic rings. The van der Waals surface area contributed by atoms with Crippen LogP contribution in [0.5, 0.6) is 0 Å². The van der Waals surface area contributed by atoms with Crippen molar-refractivity contribution in [2.75, 3.05) is 13.1 Å². The standard InChI is InChI=1S/C12H17NS/c1-8-5-10-6-9(2)14-11(10)12(8)3-4-13-7-12/h6,8,13H,3-5,7H2,1-2H3. The van der Waals surface area contributed by atoms with E-state index >= 15 is 0 Å². The van der Waals surface area contributed by atoms with Gasteiger partial charge in [0.05, 0.1) is 0 Å². The molecule has 2 heteroatoms. The summed E-state index contributed by atoms with van der Waals surface area (Å²) in [7, 11) is 0. The van der Waals surface area contributed by atoms with Gasteiger partial charge in [0.1, 0.15) is 0 Å². The number of fused-ring (bicyclic) bond motifs is 2. The lowest BCUT2D eigenvalue weighted by molar-refractivity contribution is 0.349. The Kier molecular flexibility index (Phi) is 1.80. The minimum absolute atomic E-state index is 0.508. The molecule has 1 aromatic heterocycles. The van der Waals surface area contributed by atoms with Gasteiger partial charge in [0, 0.05) is 21.7 Å². The molecule has 1 spiro atoms. The molecule has 1 aliphatic heterocycles. The second-order valence-corrected chi connectivity index (χ2v) is 6.16. The van der Waals surface area contributed by atoms with Gasteiger partial charge in [-0.2, -0.15) is 0 Å². The van der Waals surface area contributed by atoms with Crippen molar-refractivity contribution in [3.8, 4) is 0 Å². The van der Waals surface area contributed by atoms with Gasteiger partial charge in [-0.15, -0.1) is 11.3 Å². The van der Waals surface area contributed by atoms with Crippen LogP contribution in [0.1, 0.15) is 28.7 Å². The molecule has 3 rings (SSSR count). The molecule has 2 unspecified atom stereocenters. The fourth-order valence-corrected chi connectivity index (χ4v) is 4.59. The van der Waals surface area contributed by atoms with E-state index in [0.717, 1.165) is 5.92 Å². The number of nitrogens with one attached hydrogen (secondary N) is 1. The smallest absolute Gasteiger partial charge is 0.0215 e. The Morgan fingerprint density at radius 1 is 1.57 bits per heavy atom. The van der Waals surface area contributed by atoms with Crippen LogP contribution in [0.3, 0.4) is 0 Å². The third kappa shape index (κ3) is 0.986. The van der Waals surface area contributed by atoms with Crippen molar-refractivity contribution >= 4 is 11.3 Å². The average molecular weight is 207 g/mol. The molecule has 2 atom stereocenters. The Bertz CT molecular complexity index is 360. The zero-order valence-corrected chi connectivity index (χ0v) is 9.71. The summed E-state index contributed by atoms with van der Waals surface area (Å²) in [6.45, 7) is 7.08. The van der Waals surface area contributed by atoms with Crippen LogP contribution in [-0.2, 0) is 11.8 Å². The van der Waals surface area contributed by atoms with E-state index in [1.807, 2.05) is 11.3 Å². The topological polar surface area (TPSA) is 12.0 Å². The summed E-state index contributed by atoms with van der Waals surface area (Å²) in [4.78, 5) is 3.20. The number of hydrogen-bond donors (Lipinski definition) is 1. The van der Waals surface area contributed by atoms with Crippen molar-refractivity contribution in [3.05, 3.63) is 21.4 Å². The number of aryl methyl sites for hydroxylation is 1. The van der Waals surface area contributed by atoms with Gasteiger partial charge >= 0.3 is 0 Å². The molecule has 14 heavy (non-hydrogen) atoms. The van der Waals surface area contributed by atoms with Gasteiger partial charge in [-0.05, 0) is 43.9 Å². The lowest BCUT2D eigenvalue weighted by Gasteiger charge is -2.28. The summed E-state index contributed by atoms with van der Waals surface area (Å²) in [5.41, 5.74) is 2.15. The highest BCUT2D eigenvalue weighted by Crippen LogP contribution is 2.50. The lowest BCUT2D eigenvalue weighted by atomic mass is 9.78. The molecule has 1 fully saturated rings. The fourth-order valence-electron chi connectivity index (χ4n) is 3.21. The van der Waals surface area contributed by atoms with Crippen LogP contribution >= 0.6 is 11.3 Å². The molecule has 1 nitrogen and oxygen atoms in total. The predicted molar refractivity (Wildman–Crippen MR) is 61.1 cm³/mol. The largest absolute Gasteiger partial charge is 0.316 e. The molecule has 0 amide bonds. The normalized spacial score (nSPS) is 35.4. The highest BCUT2D eigenvalue weighted by Gasteiger charge is 2.47. The molecule has 76 valence electrons. The minimum Gasteiger partial charge on any atom is -0.316 e. The molecular formula is C12H17NS. The maximum absolute atomic E-state index is 3.54. The van der Waals surface area contributed by atoms with Crippen LogP contribution in [-0.4, -0.2) is 13.1 Å². The molecule has 1 aromatic rings. The van der Waals surface area contributed by atoms with Crippen LogP contribution in [0.2, 0.25) is 0 Å². The van der Waals surface area contributed by atoms with Crippen molar-refractivity contribution in [2.45, 2.75) is 32.1 Å². The third-order valence-electron chi connectivity index (χ3n) is 4.04. The van der Waals surface area contributed by atoms with E-state index in [0.29, 0.717) is 5.41 Å². The van der Waals surface area contributed by atoms with Gasteiger partial charge in [-0.3, -0.25) is 0 Å². The summed E-state index contributed by atoms with van der Waals surface area (Å²) in [6.07, 6.45) is 2.66. The van der Waals surface area contributed by atoms with Gasteiger partial charge in [-0.1, -0.05) is 6.92 Å². The highest BCUT2D eigenvalue weighted by atomic mass is 32.1. The number of thiophene rings is 1. The van der Waals surface area contributed by atoms with E-state index in [1.54, 1.807) is 10.4 Å². The molecule has 0 radical (unpaired) electrons. The second kappa shape index (κ2) is 2.83. The Hall–Kier alpha value is -0.340. The first-order valence-electron chi connectivity index (χ1n) is 5.53. The Morgan fingerprint density at radius 2 is 2.43 bits per heavy atom. The third-order valence-corrected chi connectivity index (χ3v) is 5.35. The van der Waals surface area contributed by atoms with Gasteiger partial charge < -0.3 is 5.32 Å². The zero-order chi connectivity index (χ0) is 9.76. The number of rotatable bonds is 0. The molecule has 2 heterocycles.